The van der Waals surface area contributed by atoms with Crippen molar-refractivity contribution in [3.8, 4) is 73.2 Å². The Hall–Kier alpha value is -8.41. The van der Waals surface area contributed by atoms with Crippen LogP contribution >= 0.6 is 0 Å². The highest BCUT2D eigenvalue weighted by atomic mass is 15.2. The van der Waals surface area contributed by atoms with Crippen molar-refractivity contribution in [2.75, 3.05) is 0 Å². The van der Waals surface area contributed by atoms with Gasteiger partial charge in [-0.05, 0) is 47.3 Å². The van der Waals surface area contributed by atoms with Crippen molar-refractivity contribution in [2.45, 2.75) is 0 Å². The third-order valence-corrected chi connectivity index (χ3v) is 11.9. The molecule has 5 heteroatoms. The highest BCUT2D eigenvalue weighted by Gasteiger charge is 2.22. The SMILES string of the molecule is c1ccc(-c2cc(-c3cccc(-n4c5ccccc5c5ccccc54)c3)nc(-c3ccc(-c4cc5ccccc5c5c(-c6ccccc6)c(-c6ccccc6)nn45)cc3)n2)cc1. The number of pyridine rings is 1. The maximum Gasteiger partial charge on any atom is 0.160 e. The molecule has 4 aromatic heterocycles. The van der Waals surface area contributed by atoms with E-state index < -0.39 is 0 Å². The van der Waals surface area contributed by atoms with Gasteiger partial charge in [-0.25, -0.2) is 14.5 Å². The van der Waals surface area contributed by atoms with E-state index in [4.69, 9.17) is 15.1 Å². The zero-order valence-electron chi connectivity index (χ0n) is 33.6. The summed E-state index contributed by atoms with van der Waals surface area (Å²) < 4.78 is 4.48. The fourth-order valence-corrected chi connectivity index (χ4v) is 9.05. The van der Waals surface area contributed by atoms with E-state index in [-0.39, 0.29) is 0 Å². The Labute approximate surface area is 358 Å². The van der Waals surface area contributed by atoms with Crippen molar-refractivity contribution in [2.24, 2.45) is 0 Å². The maximum atomic E-state index is 5.41. The van der Waals surface area contributed by atoms with Gasteiger partial charge in [0.1, 0.15) is 5.69 Å². The Morgan fingerprint density at radius 1 is 0.355 bits per heavy atom. The van der Waals surface area contributed by atoms with Gasteiger partial charge < -0.3 is 4.57 Å². The smallest absolute Gasteiger partial charge is 0.160 e. The third kappa shape index (κ3) is 5.98. The fourth-order valence-electron chi connectivity index (χ4n) is 9.05. The number of hydrogen-bond acceptors (Lipinski definition) is 3. The van der Waals surface area contributed by atoms with Gasteiger partial charge in [-0.1, -0.05) is 188 Å². The van der Waals surface area contributed by atoms with Gasteiger partial charge in [0.25, 0.3) is 0 Å². The average molecular weight is 792 g/mol. The maximum absolute atomic E-state index is 5.41. The Morgan fingerprint density at radius 2 is 0.887 bits per heavy atom. The Balaban J connectivity index is 1.00. The number of aromatic nitrogens is 5. The lowest BCUT2D eigenvalue weighted by molar-refractivity contribution is 0.979. The first kappa shape index (κ1) is 35.5. The second kappa shape index (κ2) is 14.7. The van der Waals surface area contributed by atoms with Crippen LogP contribution in [-0.4, -0.2) is 24.1 Å². The zero-order chi connectivity index (χ0) is 41.0. The van der Waals surface area contributed by atoms with E-state index in [1.54, 1.807) is 0 Å². The van der Waals surface area contributed by atoms with Crippen molar-refractivity contribution in [1.82, 2.24) is 24.1 Å². The van der Waals surface area contributed by atoms with Crippen LogP contribution in [0.1, 0.15) is 0 Å². The van der Waals surface area contributed by atoms with E-state index >= 15 is 0 Å². The molecule has 0 aliphatic rings. The van der Waals surface area contributed by atoms with Gasteiger partial charge in [-0.2, -0.15) is 5.10 Å². The average Bonchev–Trinajstić information content (AvgIpc) is 3.92. The normalized spacial score (nSPS) is 11.5. The van der Waals surface area contributed by atoms with Gasteiger partial charge in [0.05, 0.1) is 33.6 Å². The fraction of sp³-hybridized carbons (Fsp3) is 0. The minimum Gasteiger partial charge on any atom is -0.309 e. The predicted octanol–water partition coefficient (Wildman–Crippen LogP) is 14.4. The molecule has 0 fully saturated rings. The van der Waals surface area contributed by atoms with E-state index in [9.17, 15) is 0 Å². The van der Waals surface area contributed by atoms with Crippen molar-refractivity contribution in [1.29, 1.82) is 0 Å². The summed E-state index contributed by atoms with van der Waals surface area (Å²) in [7, 11) is 0. The number of para-hydroxylation sites is 2. The Bertz CT molecular complexity index is 3550. The summed E-state index contributed by atoms with van der Waals surface area (Å²) in [6.45, 7) is 0. The van der Waals surface area contributed by atoms with Crippen LogP contribution in [0.5, 0.6) is 0 Å². The molecule has 0 saturated carbocycles. The second-order valence-electron chi connectivity index (χ2n) is 15.7. The lowest BCUT2D eigenvalue weighted by Crippen LogP contribution is -1.98. The van der Waals surface area contributed by atoms with Crippen LogP contribution in [0.15, 0.2) is 224 Å². The standard InChI is InChI=1S/C57H37N5/c1-4-17-38(18-5-1)49-37-50(44-24-16-25-45(35-44)61-51-29-14-12-27-47(51)48-28-13-15-30-52(48)61)59-57(58-49)42-33-31-39(32-34-42)53-36-43-23-10-11-26-46(43)56-54(40-19-6-2-7-20-40)55(60-62(53)56)41-21-8-3-9-22-41/h1-37H. The molecule has 0 atom stereocenters. The summed E-state index contributed by atoms with van der Waals surface area (Å²) in [4.78, 5) is 10.5. The summed E-state index contributed by atoms with van der Waals surface area (Å²) in [5.41, 5.74) is 15.5. The molecule has 0 aliphatic heterocycles. The van der Waals surface area contributed by atoms with Crippen LogP contribution in [0.25, 0.3) is 111 Å². The third-order valence-electron chi connectivity index (χ3n) is 11.9. The lowest BCUT2D eigenvalue weighted by atomic mass is 9.97. The molecule has 8 aromatic carbocycles. The molecule has 0 unspecified atom stereocenters. The monoisotopic (exact) mass is 791 g/mol. The highest BCUT2D eigenvalue weighted by Crippen LogP contribution is 2.41. The molecule has 5 nitrogen and oxygen atoms in total. The van der Waals surface area contributed by atoms with Gasteiger partial charge in [0, 0.05) is 55.2 Å². The van der Waals surface area contributed by atoms with Crippen LogP contribution in [0.4, 0.5) is 0 Å². The molecule has 290 valence electrons. The van der Waals surface area contributed by atoms with E-state index in [0.29, 0.717) is 5.82 Å². The summed E-state index contributed by atoms with van der Waals surface area (Å²) in [5.74, 6) is 0.663. The number of benzene rings is 8. The molecule has 0 N–H and O–H groups in total. The summed E-state index contributed by atoms with van der Waals surface area (Å²) in [6.07, 6.45) is 0. The molecule has 0 amide bonds. The van der Waals surface area contributed by atoms with Crippen LogP contribution < -0.4 is 0 Å². The molecule has 0 saturated heterocycles. The van der Waals surface area contributed by atoms with Crippen LogP contribution in [0.3, 0.4) is 0 Å². The van der Waals surface area contributed by atoms with Crippen molar-refractivity contribution in [3.63, 3.8) is 0 Å². The first-order chi connectivity index (χ1) is 30.7. The molecule has 0 spiro atoms. The molecule has 0 bridgehead atoms. The van der Waals surface area contributed by atoms with Gasteiger partial charge in [-0.15, -0.1) is 0 Å². The Kier molecular flexibility index (Phi) is 8.42. The van der Waals surface area contributed by atoms with Crippen molar-refractivity contribution < 1.29 is 0 Å². The summed E-state index contributed by atoms with van der Waals surface area (Å²) in [6, 6.07) is 79.0. The first-order valence-corrected chi connectivity index (χ1v) is 20.9. The quantitative estimate of drug-likeness (QED) is 0.162. The minimum atomic E-state index is 0.663. The summed E-state index contributed by atoms with van der Waals surface area (Å²) >= 11 is 0. The Morgan fingerprint density at radius 3 is 1.56 bits per heavy atom. The van der Waals surface area contributed by atoms with Gasteiger partial charge in [0.2, 0.25) is 0 Å². The molecular weight excluding hydrogens is 755 g/mol. The molecule has 4 heterocycles. The van der Waals surface area contributed by atoms with Crippen molar-refractivity contribution in [3.05, 3.63) is 224 Å². The lowest BCUT2D eigenvalue weighted by Gasteiger charge is -2.13. The number of rotatable bonds is 7. The molecule has 0 radical (unpaired) electrons. The number of fused-ring (bicyclic) bond motifs is 6. The largest absolute Gasteiger partial charge is 0.309 e. The van der Waals surface area contributed by atoms with Crippen LogP contribution in [0.2, 0.25) is 0 Å². The van der Waals surface area contributed by atoms with Gasteiger partial charge in [0.15, 0.2) is 5.82 Å². The molecular formula is C57H37N5. The van der Waals surface area contributed by atoms with Crippen molar-refractivity contribution >= 4 is 38.1 Å². The van der Waals surface area contributed by atoms with E-state index in [1.807, 2.05) is 6.07 Å². The zero-order valence-corrected chi connectivity index (χ0v) is 33.6. The minimum absolute atomic E-state index is 0.663. The molecule has 12 aromatic rings. The van der Waals surface area contributed by atoms with Crippen LogP contribution in [0, 0.1) is 0 Å². The van der Waals surface area contributed by atoms with Gasteiger partial charge >= 0.3 is 0 Å². The predicted molar refractivity (Wildman–Crippen MR) is 255 cm³/mol. The van der Waals surface area contributed by atoms with E-state index in [1.165, 1.54) is 21.8 Å². The topological polar surface area (TPSA) is 48.0 Å². The van der Waals surface area contributed by atoms with E-state index in [2.05, 4.69) is 227 Å². The van der Waals surface area contributed by atoms with E-state index in [0.717, 1.165) is 83.7 Å². The number of hydrogen-bond donors (Lipinski definition) is 0. The number of nitrogens with zero attached hydrogens (tertiary/aromatic N) is 5. The molecule has 62 heavy (non-hydrogen) atoms. The highest BCUT2D eigenvalue weighted by molar-refractivity contribution is 6.10. The summed E-state index contributed by atoms with van der Waals surface area (Å²) in [5, 5.41) is 10.2. The van der Waals surface area contributed by atoms with Crippen LogP contribution in [-0.2, 0) is 0 Å². The molecule has 12 rings (SSSR count). The molecule has 0 aliphatic carbocycles. The van der Waals surface area contributed by atoms with Gasteiger partial charge in [-0.3, -0.25) is 0 Å². The second-order valence-corrected chi connectivity index (χ2v) is 15.7. The first-order valence-electron chi connectivity index (χ1n) is 20.9.